The van der Waals surface area contributed by atoms with Crippen LogP contribution in [0.5, 0.6) is 11.6 Å². The Morgan fingerprint density at radius 2 is 2.00 bits per heavy atom. The van der Waals surface area contributed by atoms with Gasteiger partial charge in [0.15, 0.2) is 0 Å². The second kappa shape index (κ2) is 7.93. The van der Waals surface area contributed by atoms with Crippen molar-refractivity contribution < 1.29 is 4.74 Å². The van der Waals surface area contributed by atoms with E-state index in [1.54, 1.807) is 12.4 Å². The van der Waals surface area contributed by atoms with E-state index in [1.807, 2.05) is 12.1 Å². The molecule has 0 saturated carbocycles. The van der Waals surface area contributed by atoms with Crippen molar-refractivity contribution in [3.05, 3.63) is 34.8 Å². The Morgan fingerprint density at radius 1 is 1.14 bits per heavy atom. The van der Waals surface area contributed by atoms with Gasteiger partial charge >= 0.3 is 0 Å². The molecule has 2 aromatic heterocycles. The molecule has 2 heterocycles. The molecular formula is C15H19BrN4O. The normalized spacial score (nSPS) is 10.4. The largest absolute Gasteiger partial charge is 0.437 e. The molecule has 2 aromatic rings. The van der Waals surface area contributed by atoms with Crippen LogP contribution in [0.25, 0.3) is 0 Å². The van der Waals surface area contributed by atoms with Gasteiger partial charge in [-0.3, -0.25) is 4.98 Å². The predicted molar refractivity (Wildman–Crippen MR) is 86.8 cm³/mol. The Labute approximate surface area is 133 Å². The minimum atomic E-state index is 0.534. The van der Waals surface area contributed by atoms with E-state index in [2.05, 4.69) is 50.0 Å². The number of halogens is 1. The van der Waals surface area contributed by atoms with Gasteiger partial charge < -0.3 is 10.1 Å². The number of aryl methyl sites for hydroxylation is 1. The van der Waals surface area contributed by atoms with E-state index in [9.17, 15) is 0 Å². The number of hydrogen-bond donors (Lipinski definition) is 1. The molecule has 6 heteroatoms. The van der Waals surface area contributed by atoms with Gasteiger partial charge in [0.2, 0.25) is 5.88 Å². The van der Waals surface area contributed by atoms with Crippen LogP contribution >= 0.6 is 15.9 Å². The van der Waals surface area contributed by atoms with Crippen molar-refractivity contribution in [2.75, 3.05) is 11.9 Å². The van der Waals surface area contributed by atoms with Gasteiger partial charge in [0.05, 0.1) is 6.20 Å². The summed E-state index contributed by atoms with van der Waals surface area (Å²) in [5.74, 6) is 2.77. The maximum Gasteiger partial charge on any atom is 0.224 e. The Balaban J connectivity index is 2.22. The van der Waals surface area contributed by atoms with E-state index in [0.29, 0.717) is 11.6 Å². The fraction of sp³-hybridized carbons (Fsp3) is 0.400. The molecule has 0 atom stereocenters. The molecule has 21 heavy (non-hydrogen) atoms. The summed E-state index contributed by atoms with van der Waals surface area (Å²) in [4.78, 5) is 13.0. The van der Waals surface area contributed by atoms with Crippen LogP contribution in [-0.2, 0) is 6.42 Å². The lowest BCUT2D eigenvalue weighted by Gasteiger charge is -2.10. The third-order valence-electron chi connectivity index (χ3n) is 2.68. The van der Waals surface area contributed by atoms with Gasteiger partial charge in [-0.25, -0.2) is 4.98 Å². The predicted octanol–water partition coefficient (Wildman–Crippen LogP) is 4.20. The number of nitrogens with zero attached hydrogens (tertiary/aromatic N) is 3. The summed E-state index contributed by atoms with van der Waals surface area (Å²) in [7, 11) is 0. The highest BCUT2D eigenvalue weighted by Crippen LogP contribution is 2.23. The van der Waals surface area contributed by atoms with Gasteiger partial charge in [0.1, 0.15) is 17.4 Å². The number of hydrogen-bond acceptors (Lipinski definition) is 5. The van der Waals surface area contributed by atoms with Gasteiger partial charge in [-0.15, -0.1) is 0 Å². The molecule has 0 fully saturated rings. The Bertz CT molecular complexity index is 592. The Kier molecular flexibility index (Phi) is 5.92. The molecule has 0 spiro atoms. The number of anilines is 1. The summed E-state index contributed by atoms with van der Waals surface area (Å²) < 4.78 is 6.65. The molecule has 0 aromatic carbocycles. The van der Waals surface area contributed by atoms with Gasteiger partial charge in [0.25, 0.3) is 0 Å². The number of pyridine rings is 1. The van der Waals surface area contributed by atoms with Gasteiger partial charge in [-0.1, -0.05) is 13.8 Å². The number of nitrogens with one attached hydrogen (secondary N) is 1. The first-order chi connectivity index (χ1) is 10.2. The smallest absolute Gasteiger partial charge is 0.224 e. The van der Waals surface area contributed by atoms with Crippen LogP contribution in [-0.4, -0.2) is 21.5 Å². The lowest BCUT2D eigenvalue weighted by Crippen LogP contribution is -2.06. The Hall–Kier alpha value is -1.69. The molecule has 1 N–H and O–H groups in total. The molecule has 0 bridgehead atoms. The third-order valence-corrected chi connectivity index (χ3v) is 3.11. The summed E-state index contributed by atoms with van der Waals surface area (Å²) >= 11 is 3.38. The SMILES string of the molecule is CCCNc1cc(Oc2cncc(Br)c2)nc(CCC)n1. The Morgan fingerprint density at radius 3 is 2.71 bits per heavy atom. The van der Waals surface area contributed by atoms with Crippen LogP contribution in [0.15, 0.2) is 29.0 Å². The number of aromatic nitrogens is 3. The average Bonchev–Trinajstić information content (AvgIpc) is 2.45. The summed E-state index contributed by atoms with van der Waals surface area (Å²) in [6.07, 6.45) is 6.23. The van der Waals surface area contributed by atoms with Crippen molar-refractivity contribution in [2.45, 2.75) is 33.1 Å². The van der Waals surface area contributed by atoms with Crippen molar-refractivity contribution in [1.29, 1.82) is 0 Å². The third kappa shape index (κ3) is 4.97. The minimum absolute atomic E-state index is 0.534. The second-order valence-electron chi connectivity index (χ2n) is 4.63. The molecule has 5 nitrogen and oxygen atoms in total. The monoisotopic (exact) mass is 350 g/mol. The molecular weight excluding hydrogens is 332 g/mol. The lowest BCUT2D eigenvalue weighted by atomic mass is 10.3. The van der Waals surface area contributed by atoms with E-state index < -0.39 is 0 Å². The first-order valence-electron chi connectivity index (χ1n) is 7.11. The molecule has 0 aliphatic heterocycles. The van der Waals surface area contributed by atoms with E-state index in [1.165, 1.54) is 0 Å². The van der Waals surface area contributed by atoms with Crippen LogP contribution in [0.4, 0.5) is 5.82 Å². The van der Waals surface area contributed by atoms with Crippen LogP contribution in [0.1, 0.15) is 32.5 Å². The van der Waals surface area contributed by atoms with Gasteiger partial charge in [0, 0.05) is 29.7 Å². The van der Waals surface area contributed by atoms with Gasteiger partial charge in [-0.05, 0) is 34.8 Å². The fourth-order valence-electron chi connectivity index (χ4n) is 1.77. The van der Waals surface area contributed by atoms with Crippen molar-refractivity contribution in [2.24, 2.45) is 0 Å². The van der Waals surface area contributed by atoms with Crippen LogP contribution in [0.2, 0.25) is 0 Å². The molecule has 0 saturated heterocycles. The molecule has 0 amide bonds. The van der Waals surface area contributed by atoms with Crippen molar-refractivity contribution in [1.82, 2.24) is 15.0 Å². The summed E-state index contributed by atoms with van der Waals surface area (Å²) in [5, 5.41) is 3.27. The topological polar surface area (TPSA) is 59.9 Å². The van der Waals surface area contributed by atoms with E-state index in [4.69, 9.17) is 4.74 Å². The standard InChI is InChI=1S/C15H19BrN4O/c1-3-5-13-19-14(18-6-4-2)8-15(20-13)21-12-7-11(16)9-17-10-12/h7-10H,3-6H2,1-2H3,(H,18,19,20). The lowest BCUT2D eigenvalue weighted by molar-refractivity contribution is 0.456. The number of rotatable bonds is 7. The maximum absolute atomic E-state index is 5.78. The highest BCUT2D eigenvalue weighted by Gasteiger charge is 2.07. The fourth-order valence-corrected chi connectivity index (χ4v) is 2.12. The first kappa shape index (κ1) is 15.7. The molecule has 112 valence electrons. The van der Waals surface area contributed by atoms with E-state index >= 15 is 0 Å². The highest BCUT2D eigenvalue weighted by atomic mass is 79.9. The molecule has 2 rings (SSSR count). The average molecular weight is 351 g/mol. The minimum Gasteiger partial charge on any atom is -0.437 e. The zero-order valence-electron chi connectivity index (χ0n) is 12.3. The summed E-state index contributed by atoms with van der Waals surface area (Å²) in [5.41, 5.74) is 0. The van der Waals surface area contributed by atoms with Crippen LogP contribution < -0.4 is 10.1 Å². The highest BCUT2D eigenvalue weighted by molar-refractivity contribution is 9.10. The van der Waals surface area contributed by atoms with E-state index in [0.717, 1.165) is 41.9 Å². The molecule has 0 unspecified atom stereocenters. The second-order valence-corrected chi connectivity index (χ2v) is 5.54. The summed E-state index contributed by atoms with van der Waals surface area (Å²) in [6.45, 7) is 5.10. The van der Waals surface area contributed by atoms with Gasteiger partial charge in [-0.2, -0.15) is 4.98 Å². The molecule has 0 aliphatic carbocycles. The zero-order chi connectivity index (χ0) is 15.1. The molecule has 0 radical (unpaired) electrons. The quantitative estimate of drug-likeness (QED) is 0.810. The number of ether oxygens (including phenoxy) is 1. The van der Waals surface area contributed by atoms with Crippen molar-refractivity contribution in [3.63, 3.8) is 0 Å². The summed E-state index contributed by atoms with van der Waals surface area (Å²) in [6, 6.07) is 3.67. The molecule has 0 aliphatic rings. The first-order valence-corrected chi connectivity index (χ1v) is 7.90. The van der Waals surface area contributed by atoms with Crippen LogP contribution in [0.3, 0.4) is 0 Å². The van der Waals surface area contributed by atoms with E-state index in [-0.39, 0.29) is 0 Å². The maximum atomic E-state index is 5.78. The van der Waals surface area contributed by atoms with Crippen molar-refractivity contribution >= 4 is 21.7 Å². The van der Waals surface area contributed by atoms with Crippen LogP contribution in [0, 0.1) is 0 Å². The zero-order valence-corrected chi connectivity index (χ0v) is 13.9. The van der Waals surface area contributed by atoms with Crippen molar-refractivity contribution in [3.8, 4) is 11.6 Å².